The summed E-state index contributed by atoms with van der Waals surface area (Å²) in [4.78, 5) is 19.2. The van der Waals surface area contributed by atoms with Crippen LogP contribution in [0.25, 0.3) is 27.7 Å². The minimum atomic E-state index is -4.70. The Hall–Kier alpha value is -4.21. The van der Waals surface area contributed by atoms with Gasteiger partial charge in [-0.3, -0.25) is 9.48 Å². The van der Waals surface area contributed by atoms with E-state index in [4.69, 9.17) is 0 Å². The van der Waals surface area contributed by atoms with Gasteiger partial charge in [0.25, 0.3) is 5.91 Å². The summed E-state index contributed by atoms with van der Waals surface area (Å²) in [6.45, 7) is 2.80. The van der Waals surface area contributed by atoms with E-state index in [9.17, 15) is 18.0 Å². The summed E-state index contributed by atoms with van der Waals surface area (Å²) in [7, 11) is 1.58. The summed E-state index contributed by atoms with van der Waals surface area (Å²) in [6.07, 6.45) is -1.92. The van der Waals surface area contributed by atoms with E-state index in [1.54, 1.807) is 36.1 Å². The number of fused-ring (bicyclic) bond motifs is 2. The molecule has 10 heteroatoms. The number of rotatable bonds is 5. The number of benzene rings is 2. The maximum absolute atomic E-state index is 14.0. The lowest BCUT2D eigenvalue weighted by molar-refractivity contribution is -0.142. The fraction of sp³-hybridized carbons (Fsp3) is 0.200. The highest BCUT2D eigenvalue weighted by molar-refractivity contribution is 6.00. The van der Waals surface area contributed by atoms with Crippen molar-refractivity contribution in [1.82, 2.24) is 29.3 Å². The molecule has 0 saturated heterocycles. The molecule has 1 amide bonds. The molecule has 0 spiro atoms. The third-order valence-electron chi connectivity index (χ3n) is 5.91. The SMILES string of the molecule is CCn1nccc1CN(C)C(=O)c1cnn2c(C(F)(F)F)cc(-c3cccc4ccccc34)nc12. The minimum absolute atomic E-state index is 0.0114. The molecule has 0 radical (unpaired) electrons. The van der Waals surface area contributed by atoms with E-state index in [0.29, 0.717) is 16.6 Å². The van der Waals surface area contributed by atoms with Gasteiger partial charge in [0.15, 0.2) is 11.3 Å². The largest absolute Gasteiger partial charge is 0.433 e. The second-order valence-corrected chi connectivity index (χ2v) is 8.14. The fourth-order valence-electron chi connectivity index (χ4n) is 4.20. The molecule has 0 N–H and O–H groups in total. The first kappa shape index (κ1) is 22.6. The van der Waals surface area contributed by atoms with E-state index in [1.165, 1.54) is 4.90 Å². The van der Waals surface area contributed by atoms with E-state index in [1.807, 2.05) is 37.3 Å². The normalized spacial score (nSPS) is 11.9. The van der Waals surface area contributed by atoms with Crippen LogP contribution in [0, 0.1) is 0 Å². The number of aromatic nitrogens is 5. The number of carbonyl (C=O) groups is 1. The number of hydrogen-bond acceptors (Lipinski definition) is 4. The van der Waals surface area contributed by atoms with Gasteiger partial charge in [-0.05, 0) is 29.8 Å². The van der Waals surface area contributed by atoms with Crippen molar-refractivity contribution in [1.29, 1.82) is 0 Å². The van der Waals surface area contributed by atoms with Gasteiger partial charge in [-0.2, -0.15) is 23.4 Å². The van der Waals surface area contributed by atoms with Gasteiger partial charge < -0.3 is 4.90 Å². The van der Waals surface area contributed by atoms with Crippen LogP contribution in [0.15, 0.2) is 67.0 Å². The first-order chi connectivity index (χ1) is 16.8. The molecule has 3 heterocycles. The zero-order chi connectivity index (χ0) is 24.7. The maximum Gasteiger partial charge on any atom is 0.433 e. The third kappa shape index (κ3) is 4.01. The molecule has 0 bridgehead atoms. The van der Waals surface area contributed by atoms with Crippen LogP contribution in [-0.2, 0) is 19.3 Å². The highest BCUT2D eigenvalue weighted by Crippen LogP contribution is 2.35. The monoisotopic (exact) mass is 478 g/mol. The van der Waals surface area contributed by atoms with Gasteiger partial charge in [-0.25, -0.2) is 9.50 Å². The fourth-order valence-corrected chi connectivity index (χ4v) is 4.20. The molecular formula is C25H21F3N6O. The van der Waals surface area contributed by atoms with Crippen molar-refractivity contribution in [2.24, 2.45) is 0 Å². The van der Waals surface area contributed by atoms with Gasteiger partial charge in [-0.15, -0.1) is 0 Å². The Kier molecular flexibility index (Phi) is 5.50. The molecule has 7 nitrogen and oxygen atoms in total. The predicted octanol–water partition coefficient (Wildman–Crippen LogP) is 5.06. The van der Waals surface area contributed by atoms with Gasteiger partial charge in [0, 0.05) is 25.4 Å². The standard InChI is InChI=1S/C25H21F3N6O/c1-3-33-17(11-12-29-33)15-32(2)24(35)20-14-30-34-22(25(26,27)28)13-21(31-23(20)34)19-10-6-8-16-7-4-5-9-18(16)19/h4-14H,3,15H2,1-2H3. The van der Waals surface area contributed by atoms with E-state index in [2.05, 4.69) is 15.2 Å². The first-order valence-corrected chi connectivity index (χ1v) is 11.0. The van der Waals surface area contributed by atoms with Crippen LogP contribution in [0.3, 0.4) is 0 Å². The van der Waals surface area contributed by atoms with Crippen LogP contribution in [0.4, 0.5) is 13.2 Å². The van der Waals surface area contributed by atoms with Crippen molar-refractivity contribution in [3.8, 4) is 11.3 Å². The molecule has 2 aromatic carbocycles. The van der Waals surface area contributed by atoms with Crippen LogP contribution in [0.1, 0.15) is 28.7 Å². The maximum atomic E-state index is 14.0. The van der Waals surface area contributed by atoms with Gasteiger partial charge in [0.1, 0.15) is 5.56 Å². The molecule has 35 heavy (non-hydrogen) atoms. The van der Waals surface area contributed by atoms with Gasteiger partial charge in [0.2, 0.25) is 0 Å². The highest BCUT2D eigenvalue weighted by Gasteiger charge is 2.36. The molecule has 0 unspecified atom stereocenters. The second-order valence-electron chi connectivity index (χ2n) is 8.14. The smallest absolute Gasteiger partial charge is 0.336 e. The van der Waals surface area contributed by atoms with E-state index in [0.717, 1.165) is 28.7 Å². The lowest BCUT2D eigenvalue weighted by Gasteiger charge is -2.17. The number of alkyl halides is 3. The summed E-state index contributed by atoms with van der Waals surface area (Å²) in [6, 6.07) is 15.5. The van der Waals surface area contributed by atoms with Crippen molar-refractivity contribution in [3.05, 3.63) is 83.9 Å². The van der Waals surface area contributed by atoms with Crippen LogP contribution < -0.4 is 0 Å². The summed E-state index contributed by atoms with van der Waals surface area (Å²) in [5.41, 5.74) is 0.293. The van der Waals surface area contributed by atoms with Crippen LogP contribution in [-0.4, -0.2) is 42.2 Å². The van der Waals surface area contributed by atoms with Crippen molar-refractivity contribution < 1.29 is 18.0 Å². The van der Waals surface area contributed by atoms with Crippen molar-refractivity contribution in [2.75, 3.05) is 7.05 Å². The Morgan fingerprint density at radius 3 is 2.60 bits per heavy atom. The highest BCUT2D eigenvalue weighted by atomic mass is 19.4. The van der Waals surface area contributed by atoms with E-state index < -0.39 is 17.8 Å². The summed E-state index contributed by atoms with van der Waals surface area (Å²) < 4.78 is 44.5. The molecule has 178 valence electrons. The quantitative estimate of drug-likeness (QED) is 0.354. The topological polar surface area (TPSA) is 68.3 Å². The summed E-state index contributed by atoms with van der Waals surface area (Å²) >= 11 is 0. The Morgan fingerprint density at radius 1 is 1.06 bits per heavy atom. The molecule has 5 rings (SSSR count). The van der Waals surface area contributed by atoms with Crippen LogP contribution in [0.5, 0.6) is 0 Å². The predicted molar refractivity (Wildman–Crippen MR) is 125 cm³/mol. The number of hydrogen-bond donors (Lipinski definition) is 0. The summed E-state index contributed by atoms with van der Waals surface area (Å²) in [5.74, 6) is -0.487. The molecule has 0 aliphatic carbocycles. The first-order valence-electron chi connectivity index (χ1n) is 11.0. The Labute approximate surface area is 198 Å². The molecule has 0 aliphatic rings. The average Bonchev–Trinajstić information content (AvgIpc) is 3.48. The van der Waals surface area contributed by atoms with E-state index in [-0.39, 0.29) is 23.4 Å². The van der Waals surface area contributed by atoms with Crippen molar-refractivity contribution in [2.45, 2.75) is 26.2 Å². The zero-order valence-corrected chi connectivity index (χ0v) is 19.0. The lowest BCUT2D eigenvalue weighted by atomic mass is 10.0. The number of amides is 1. The Morgan fingerprint density at radius 2 is 1.83 bits per heavy atom. The Bertz CT molecular complexity index is 1550. The lowest BCUT2D eigenvalue weighted by Crippen LogP contribution is -2.27. The summed E-state index contributed by atoms with van der Waals surface area (Å²) in [5, 5.41) is 9.71. The van der Waals surface area contributed by atoms with Crippen LogP contribution >= 0.6 is 0 Å². The zero-order valence-electron chi connectivity index (χ0n) is 19.0. The second kappa shape index (κ2) is 8.53. The molecule has 0 aliphatic heterocycles. The van der Waals surface area contributed by atoms with Crippen LogP contribution in [0.2, 0.25) is 0 Å². The number of nitrogens with zero attached hydrogens (tertiary/aromatic N) is 6. The molecule has 0 fully saturated rings. The number of carbonyl (C=O) groups excluding carboxylic acids is 1. The number of halogens is 3. The van der Waals surface area contributed by atoms with Gasteiger partial charge in [-0.1, -0.05) is 42.5 Å². The molecular weight excluding hydrogens is 457 g/mol. The van der Waals surface area contributed by atoms with Gasteiger partial charge in [0.05, 0.1) is 24.1 Å². The van der Waals surface area contributed by atoms with Crippen molar-refractivity contribution >= 4 is 22.3 Å². The third-order valence-corrected chi connectivity index (χ3v) is 5.91. The molecule has 0 saturated carbocycles. The average molecular weight is 478 g/mol. The van der Waals surface area contributed by atoms with Gasteiger partial charge >= 0.3 is 6.18 Å². The minimum Gasteiger partial charge on any atom is -0.336 e. The Balaban J connectivity index is 1.64. The molecule has 5 aromatic rings. The number of aryl methyl sites for hydroxylation is 1. The van der Waals surface area contributed by atoms with E-state index >= 15 is 0 Å². The molecule has 3 aromatic heterocycles. The molecule has 0 atom stereocenters. The van der Waals surface area contributed by atoms with Crippen molar-refractivity contribution in [3.63, 3.8) is 0 Å².